The van der Waals surface area contributed by atoms with Crippen molar-refractivity contribution in [1.82, 2.24) is 5.32 Å². The Morgan fingerprint density at radius 3 is 2.40 bits per heavy atom. The first-order chi connectivity index (χ1) is 14.3. The highest BCUT2D eigenvalue weighted by atomic mass is 32.2. The van der Waals surface area contributed by atoms with E-state index in [-0.39, 0.29) is 5.91 Å². The van der Waals surface area contributed by atoms with Gasteiger partial charge in [-0.25, -0.2) is 13.6 Å². The fourth-order valence-corrected chi connectivity index (χ4v) is 5.58. The normalized spacial score (nSPS) is 19.4. The van der Waals surface area contributed by atoms with Gasteiger partial charge in [-0.05, 0) is 47.7 Å². The summed E-state index contributed by atoms with van der Waals surface area (Å²) in [7, 11) is -3.47. The molecule has 2 aliphatic rings. The second-order valence-corrected chi connectivity index (χ2v) is 10.9. The van der Waals surface area contributed by atoms with Crippen molar-refractivity contribution in [3.8, 4) is 11.1 Å². The van der Waals surface area contributed by atoms with Crippen LogP contribution in [-0.2, 0) is 14.8 Å². The number of carbonyl (C=O) groups excluding carboxylic acids is 1. The predicted molar refractivity (Wildman–Crippen MR) is 127 cm³/mol. The number of sulfonamides is 1. The number of thioether (sulfide) groups is 1. The summed E-state index contributed by atoms with van der Waals surface area (Å²) in [5.41, 5.74) is 4.15. The van der Waals surface area contributed by atoms with Crippen LogP contribution in [0.15, 0.2) is 53.4 Å². The quantitative estimate of drug-likeness (QED) is 0.539. The molecule has 3 N–H and O–H groups in total. The molecule has 0 unspecified atom stereocenters. The molecule has 1 amide bonds. The van der Waals surface area contributed by atoms with Crippen molar-refractivity contribution in [1.29, 1.82) is 0 Å². The minimum absolute atomic E-state index is 0.159. The third-order valence-electron chi connectivity index (χ3n) is 5.30. The predicted octanol–water partition coefficient (Wildman–Crippen LogP) is 3.10. The Balaban J connectivity index is 1.48. The number of nitrogens with zero attached hydrogens (tertiary/aromatic N) is 1. The number of benzene rings is 2. The molecule has 0 aliphatic carbocycles. The molecule has 2 saturated heterocycles. The molecular weight excluding hydrogens is 438 g/mol. The fraction of sp³-hybridized carbons (Fsp3) is 0.238. The number of hydrogen-bond acceptors (Lipinski definition) is 6. The molecule has 2 aromatic rings. The van der Waals surface area contributed by atoms with Gasteiger partial charge >= 0.3 is 0 Å². The van der Waals surface area contributed by atoms with Crippen LogP contribution >= 0.6 is 24.0 Å². The van der Waals surface area contributed by atoms with Crippen molar-refractivity contribution in [2.75, 3.05) is 18.0 Å². The Morgan fingerprint density at radius 1 is 1.10 bits per heavy atom. The topological polar surface area (TPSA) is 92.5 Å². The molecule has 2 fully saturated rings. The maximum Gasteiger partial charge on any atom is 0.263 e. The van der Waals surface area contributed by atoms with Gasteiger partial charge in [0.25, 0.3) is 5.91 Å². The first-order valence-corrected chi connectivity index (χ1v) is 12.3. The Labute approximate surface area is 185 Å². The molecule has 4 rings (SSSR count). The molecule has 30 heavy (non-hydrogen) atoms. The lowest BCUT2D eigenvalue weighted by Crippen LogP contribution is -2.41. The van der Waals surface area contributed by atoms with Gasteiger partial charge in [0, 0.05) is 18.8 Å². The highest BCUT2D eigenvalue weighted by Crippen LogP contribution is 2.29. The van der Waals surface area contributed by atoms with E-state index in [2.05, 4.69) is 16.3 Å². The summed E-state index contributed by atoms with van der Waals surface area (Å²) in [4.78, 5) is 14.6. The zero-order valence-corrected chi connectivity index (χ0v) is 18.5. The Hall–Kier alpha value is -2.20. The van der Waals surface area contributed by atoms with E-state index >= 15 is 0 Å². The van der Waals surface area contributed by atoms with E-state index in [0.717, 1.165) is 22.4 Å². The molecule has 6 nitrogen and oxygen atoms in total. The standard InChI is InChI=1S/C21H21N3O3S3/c22-30(26,27)18-8-10-24(11-9-18)17-3-1-2-16(13-17)15-6-4-14(5-7-15)12-19-20(25)23-21(28)29-19/h1-7,12-13,18H,8-11H2,(H2,22,26,27)(H,23,25,28)/b19-12-. The zero-order valence-electron chi connectivity index (χ0n) is 16.1. The number of anilines is 1. The van der Waals surface area contributed by atoms with E-state index in [0.29, 0.717) is 35.2 Å². The summed E-state index contributed by atoms with van der Waals surface area (Å²) in [6.45, 7) is 1.33. The van der Waals surface area contributed by atoms with E-state index in [1.54, 1.807) is 0 Å². The molecule has 2 heterocycles. The summed E-state index contributed by atoms with van der Waals surface area (Å²) in [5, 5.41) is 7.46. The zero-order chi connectivity index (χ0) is 21.3. The van der Waals surface area contributed by atoms with Crippen LogP contribution < -0.4 is 15.4 Å². The molecule has 2 aliphatic heterocycles. The van der Waals surface area contributed by atoms with Gasteiger partial charge in [0.2, 0.25) is 10.0 Å². The van der Waals surface area contributed by atoms with Gasteiger partial charge in [-0.15, -0.1) is 0 Å². The van der Waals surface area contributed by atoms with Gasteiger partial charge in [0.15, 0.2) is 0 Å². The van der Waals surface area contributed by atoms with Crippen LogP contribution in [0, 0.1) is 0 Å². The molecule has 0 aromatic heterocycles. The number of nitrogens with one attached hydrogen (secondary N) is 1. The Kier molecular flexibility index (Phi) is 5.97. The minimum Gasteiger partial charge on any atom is -0.371 e. The summed E-state index contributed by atoms with van der Waals surface area (Å²) in [6.07, 6.45) is 2.91. The Morgan fingerprint density at radius 2 is 1.80 bits per heavy atom. The molecular formula is C21H21N3O3S3. The number of hydrogen-bond donors (Lipinski definition) is 2. The van der Waals surface area contributed by atoms with Gasteiger partial charge in [-0.3, -0.25) is 4.79 Å². The van der Waals surface area contributed by atoms with Gasteiger partial charge in [-0.2, -0.15) is 0 Å². The average molecular weight is 460 g/mol. The summed E-state index contributed by atoms with van der Waals surface area (Å²) in [6, 6.07) is 16.2. The highest BCUT2D eigenvalue weighted by molar-refractivity contribution is 8.26. The van der Waals surface area contributed by atoms with Crippen LogP contribution in [0.3, 0.4) is 0 Å². The van der Waals surface area contributed by atoms with Crippen LogP contribution in [0.4, 0.5) is 5.69 Å². The van der Waals surface area contributed by atoms with Gasteiger partial charge in [0.05, 0.1) is 10.2 Å². The van der Waals surface area contributed by atoms with Crippen LogP contribution in [-0.4, -0.2) is 37.0 Å². The van der Waals surface area contributed by atoms with Crippen molar-refractivity contribution in [3.63, 3.8) is 0 Å². The molecule has 0 radical (unpaired) electrons. The number of nitrogens with two attached hydrogens (primary N) is 1. The number of piperidine rings is 1. The summed E-state index contributed by atoms with van der Waals surface area (Å²) >= 11 is 6.28. The van der Waals surface area contributed by atoms with Crippen LogP contribution in [0.2, 0.25) is 0 Å². The van der Waals surface area contributed by atoms with Gasteiger partial charge < -0.3 is 10.2 Å². The van der Waals surface area contributed by atoms with Crippen LogP contribution in [0.1, 0.15) is 18.4 Å². The van der Waals surface area contributed by atoms with E-state index in [4.69, 9.17) is 17.4 Å². The lowest BCUT2D eigenvalue weighted by molar-refractivity contribution is -0.115. The highest BCUT2D eigenvalue weighted by Gasteiger charge is 2.27. The first-order valence-electron chi connectivity index (χ1n) is 9.51. The lowest BCUT2D eigenvalue weighted by atomic mass is 10.0. The molecule has 156 valence electrons. The second-order valence-electron chi connectivity index (χ2n) is 7.30. The van der Waals surface area contributed by atoms with E-state index < -0.39 is 15.3 Å². The largest absolute Gasteiger partial charge is 0.371 e. The third kappa shape index (κ3) is 4.75. The minimum atomic E-state index is -3.47. The SMILES string of the molecule is NS(=O)(=O)C1CCN(c2cccc(-c3ccc(/C=C4\SC(=S)NC4=O)cc3)c2)CC1. The molecule has 0 spiro atoms. The molecule has 0 atom stereocenters. The summed E-state index contributed by atoms with van der Waals surface area (Å²) < 4.78 is 23.6. The monoisotopic (exact) mass is 459 g/mol. The van der Waals surface area contributed by atoms with Gasteiger partial charge in [-0.1, -0.05) is 60.4 Å². The average Bonchev–Trinajstić information content (AvgIpc) is 3.05. The molecule has 0 bridgehead atoms. The van der Waals surface area contributed by atoms with E-state index in [1.807, 2.05) is 48.5 Å². The van der Waals surface area contributed by atoms with Crippen LogP contribution in [0.5, 0.6) is 0 Å². The van der Waals surface area contributed by atoms with E-state index in [9.17, 15) is 13.2 Å². The van der Waals surface area contributed by atoms with Crippen molar-refractivity contribution >= 4 is 56.0 Å². The molecule has 9 heteroatoms. The number of thiocarbonyl (C=S) groups is 1. The smallest absolute Gasteiger partial charge is 0.263 e. The fourth-order valence-electron chi connectivity index (χ4n) is 3.67. The Bertz CT molecular complexity index is 1120. The first kappa shape index (κ1) is 21.0. The number of amides is 1. The van der Waals surface area contributed by atoms with Gasteiger partial charge in [0.1, 0.15) is 4.32 Å². The summed E-state index contributed by atoms with van der Waals surface area (Å²) in [5.74, 6) is -0.159. The molecule has 0 saturated carbocycles. The molecule has 2 aromatic carbocycles. The maximum atomic E-state index is 11.8. The van der Waals surface area contributed by atoms with Crippen molar-refractivity contribution in [3.05, 3.63) is 59.0 Å². The lowest BCUT2D eigenvalue weighted by Gasteiger charge is -2.32. The maximum absolute atomic E-state index is 11.8. The second kappa shape index (κ2) is 8.50. The number of primary sulfonamides is 1. The van der Waals surface area contributed by atoms with Crippen LogP contribution in [0.25, 0.3) is 17.2 Å². The van der Waals surface area contributed by atoms with E-state index in [1.165, 1.54) is 11.8 Å². The van der Waals surface area contributed by atoms with Crippen molar-refractivity contribution in [2.24, 2.45) is 5.14 Å². The third-order valence-corrected chi connectivity index (χ3v) is 7.87. The van der Waals surface area contributed by atoms with Crippen molar-refractivity contribution < 1.29 is 13.2 Å². The number of carbonyl (C=O) groups is 1. The number of rotatable bonds is 4. The van der Waals surface area contributed by atoms with Crippen molar-refractivity contribution in [2.45, 2.75) is 18.1 Å².